The Morgan fingerprint density at radius 1 is 1.03 bits per heavy atom. The molecule has 2 aromatic heterocycles. The van der Waals surface area contributed by atoms with Crippen molar-refractivity contribution in [3.05, 3.63) is 77.6 Å². The van der Waals surface area contributed by atoms with E-state index in [0.29, 0.717) is 5.95 Å². The zero-order valence-electron chi connectivity index (χ0n) is 18.9. The van der Waals surface area contributed by atoms with E-state index in [2.05, 4.69) is 92.5 Å². The lowest BCUT2D eigenvalue weighted by atomic mass is 9.98. The van der Waals surface area contributed by atoms with Crippen molar-refractivity contribution in [3.8, 4) is 11.1 Å². The number of aliphatic imine (C=N–C) groups is 1. The molecule has 1 unspecified atom stereocenters. The van der Waals surface area contributed by atoms with Gasteiger partial charge in [-0.2, -0.15) is 0 Å². The van der Waals surface area contributed by atoms with Gasteiger partial charge in [-0.1, -0.05) is 24.3 Å². The fourth-order valence-corrected chi connectivity index (χ4v) is 4.97. The average molecular weight is 455 g/mol. The topological polar surface area (TPSA) is 66.3 Å². The summed E-state index contributed by atoms with van der Waals surface area (Å²) >= 11 is 1.67. The molecule has 2 aromatic carbocycles. The van der Waals surface area contributed by atoms with Gasteiger partial charge in [0, 0.05) is 36.4 Å². The largest absolute Gasteiger partial charge is 0.355 e. The zero-order valence-corrected chi connectivity index (χ0v) is 19.8. The summed E-state index contributed by atoms with van der Waals surface area (Å²) < 4.78 is 1.19. The van der Waals surface area contributed by atoms with Gasteiger partial charge in [-0.3, -0.25) is 4.99 Å². The van der Waals surface area contributed by atoms with Crippen molar-refractivity contribution in [2.75, 3.05) is 11.9 Å². The van der Waals surface area contributed by atoms with Crippen LogP contribution in [0.25, 0.3) is 27.0 Å². The molecule has 166 valence electrons. The van der Waals surface area contributed by atoms with Gasteiger partial charge < -0.3 is 10.2 Å². The lowest BCUT2D eigenvalue weighted by Crippen LogP contribution is -2.34. The first-order valence-corrected chi connectivity index (χ1v) is 12.0. The summed E-state index contributed by atoms with van der Waals surface area (Å²) in [5, 5.41) is 3.14. The Morgan fingerprint density at radius 2 is 1.88 bits per heavy atom. The van der Waals surface area contributed by atoms with Crippen LogP contribution in [0.4, 0.5) is 5.95 Å². The molecule has 33 heavy (non-hydrogen) atoms. The summed E-state index contributed by atoms with van der Waals surface area (Å²) in [6, 6.07) is 15.2. The number of nitrogens with one attached hydrogen (secondary N) is 1. The van der Waals surface area contributed by atoms with Crippen LogP contribution in [0, 0.1) is 0 Å². The molecule has 0 bridgehead atoms. The third-order valence-electron chi connectivity index (χ3n) is 5.95. The first-order valence-electron chi connectivity index (χ1n) is 11.2. The molecular formula is C26H26N6S. The number of allylic oxidation sites excluding steroid dienone is 1. The van der Waals surface area contributed by atoms with Gasteiger partial charge in [0.25, 0.3) is 0 Å². The molecule has 4 aromatic rings. The van der Waals surface area contributed by atoms with E-state index in [1.54, 1.807) is 11.3 Å². The van der Waals surface area contributed by atoms with Gasteiger partial charge in [-0.15, -0.1) is 11.3 Å². The van der Waals surface area contributed by atoms with E-state index in [0.717, 1.165) is 23.2 Å². The van der Waals surface area contributed by atoms with Crippen molar-refractivity contribution in [1.29, 1.82) is 0 Å². The number of anilines is 1. The third-order valence-corrected chi connectivity index (χ3v) is 6.74. The second-order valence-electron chi connectivity index (χ2n) is 8.05. The zero-order chi connectivity index (χ0) is 22.8. The highest BCUT2D eigenvalue weighted by atomic mass is 32.1. The van der Waals surface area contributed by atoms with E-state index >= 15 is 0 Å². The predicted octanol–water partition coefficient (Wildman–Crippen LogP) is 6.02. The van der Waals surface area contributed by atoms with Crippen LogP contribution >= 0.6 is 11.3 Å². The number of benzene rings is 2. The molecule has 1 aliphatic rings. The first-order chi connectivity index (χ1) is 16.1. The Balaban J connectivity index is 1.47. The first kappa shape index (κ1) is 21.3. The molecule has 0 saturated carbocycles. The summed E-state index contributed by atoms with van der Waals surface area (Å²) in [5.74, 6) is 0.651. The molecule has 0 spiro atoms. The third kappa shape index (κ3) is 4.24. The molecule has 3 heterocycles. The van der Waals surface area contributed by atoms with Crippen LogP contribution < -0.4 is 5.32 Å². The number of nitrogens with zero attached hydrogens (tertiary/aromatic N) is 5. The van der Waals surface area contributed by atoms with Crippen molar-refractivity contribution in [2.45, 2.75) is 33.0 Å². The van der Waals surface area contributed by atoms with Crippen molar-refractivity contribution in [1.82, 2.24) is 19.9 Å². The number of hydrogen-bond acceptors (Lipinski definition) is 7. The van der Waals surface area contributed by atoms with Gasteiger partial charge in [-0.05, 0) is 61.7 Å². The van der Waals surface area contributed by atoms with Crippen LogP contribution in [0.2, 0.25) is 0 Å². The lowest BCUT2D eigenvalue weighted by molar-refractivity contribution is 0.252. The molecule has 0 radical (unpaired) electrons. The number of aromatic nitrogens is 3. The standard InChI is InChI=1S/C26H26N6S/c1-4-27-26-29-14-22(15-30-26)20-7-5-6-19(12-20)17(2)32-18(3)28-11-10-24(32)21-8-9-23-25(13-21)33-16-31-23/h5-18H,4H2,1-3H3,(H,27,29,30)/t17-,18?/m0/s1. The summed E-state index contributed by atoms with van der Waals surface area (Å²) in [5.41, 5.74) is 8.61. The van der Waals surface area contributed by atoms with Crippen LogP contribution in [0.1, 0.15) is 37.9 Å². The van der Waals surface area contributed by atoms with Gasteiger partial charge in [0.15, 0.2) is 0 Å². The maximum absolute atomic E-state index is 4.68. The van der Waals surface area contributed by atoms with Gasteiger partial charge in [0.1, 0.15) is 6.17 Å². The van der Waals surface area contributed by atoms with E-state index < -0.39 is 0 Å². The van der Waals surface area contributed by atoms with Gasteiger partial charge in [0.2, 0.25) is 5.95 Å². The number of fused-ring (bicyclic) bond motifs is 1. The molecule has 6 nitrogen and oxygen atoms in total. The van der Waals surface area contributed by atoms with Crippen LogP contribution in [-0.2, 0) is 0 Å². The maximum atomic E-state index is 4.68. The van der Waals surface area contributed by atoms with E-state index in [-0.39, 0.29) is 12.2 Å². The number of hydrogen-bond donors (Lipinski definition) is 1. The molecular weight excluding hydrogens is 428 g/mol. The van der Waals surface area contributed by atoms with Crippen LogP contribution in [0.15, 0.2) is 71.4 Å². The predicted molar refractivity (Wildman–Crippen MR) is 137 cm³/mol. The fraction of sp³-hybridized carbons (Fsp3) is 0.231. The Labute approximate surface area is 197 Å². The molecule has 0 saturated heterocycles. The second kappa shape index (κ2) is 9.11. The highest BCUT2D eigenvalue weighted by molar-refractivity contribution is 7.16. The van der Waals surface area contributed by atoms with E-state index in [9.17, 15) is 0 Å². The summed E-state index contributed by atoms with van der Waals surface area (Å²) in [6.07, 6.45) is 7.80. The van der Waals surface area contributed by atoms with Crippen LogP contribution in [-0.4, -0.2) is 38.8 Å². The molecule has 5 rings (SSSR count). The van der Waals surface area contributed by atoms with Crippen molar-refractivity contribution >= 4 is 39.4 Å². The average Bonchev–Trinajstić information content (AvgIpc) is 3.32. The SMILES string of the molecule is CCNc1ncc(-c2cccc([C@H](C)N3C(c4ccc5ncsc5c4)=CC=NC3C)c2)cn1. The minimum Gasteiger partial charge on any atom is -0.355 e. The molecule has 1 N–H and O–H groups in total. The smallest absolute Gasteiger partial charge is 0.222 e. The summed E-state index contributed by atoms with van der Waals surface area (Å²) in [4.78, 5) is 20.3. The van der Waals surface area contributed by atoms with E-state index in [1.165, 1.54) is 21.5 Å². The quantitative estimate of drug-likeness (QED) is 0.386. The van der Waals surface area contributed by atoms with Crippen LogP contribution in [0.3, 0.4) is 0 Å². The molecule has 2 atom stereocenters. The Hall–Kier alpha value is -3.58. The second-order valence-corrected chi connectivity index (χ2v) is 8.94. The minimum absolute atomic E-state index is 0.0311. The van der Waals surface area contributed by atoms with Crippen molar-refractivity contribution < 1.29 is 0 Å². The highest BCUT2D eigenvalue weighted by Crippen LogP contribution is 2.36. The number of rotatable bonds is 6. The monoisotopic (exact) mass is 454 g/mol. The van der Waals surface area contributed by atoms with Gasteiger partial charge >= 0.3 is 0 Å². The number of thiazole rings is 1. The maximum Gasteiger partial charge on any atom is 0.222 e. The fourth-order valence-electron chi connectivity index (χ4n) is 4.25. The molecule has 0 amide bonds. The summed E-state index contributed by atoms with van der Waals surface area (Å²) in [6.45, 7) is 7.21. The normalized spacial score (nSPS) is 16.6. The summed E-state index contributed by atoms with van der Waals surface area (Å²) in [7, 11) is 0. The van der Waals surface area contributed by atoms with E-state index in [1.807, 2.05) is 31.0 Å². The molecule has 1 aliphatic heterocycles. The van der Waals surface area contributed by atoms with Crippen molar-refractivity contribution in [3.63, 3.8) is 0 Å². The van der Waals surface area contributed by atoms with Gasteiger partial charge in [0.05, 0.1) is 21.8 Å². The highest BCUT2D eigenvalue weighted by Gasteiger charge is 2.26. The molecule has 0 fully saturated rings. The van der Waals surface area contributed by atoms with Crippen molar-refractivity contribution in [2.24, 2.45) is 4.99 Å². The molecule has 7 heteroatoms. The minimum atomic E-state index is 0.0311. The Kier molecular flexibility index (Phi) is 5.88. The van der Waals surface area contributed by atoms with E-state index in [4.69, 9.17) is 0 Å². The molecule has 0 aliphatic carbocycles. The Bertz CT molecular complexity index is 1320. The van der Waals surface area contributed by atoms with Crippen LogP contribution in [0.5, 0.6) is 0 Å². The Morgan fingerprint density at radius 3 is 2.70 bits per heavy atom. The van der Waals surface area contributed by atoms with Gasteiger partial charge in [-0.25, -0.2) is 15.0 Å². The lowest BCUT2D eigenvalue weighted by Gasteiger charge is -2.38.